The first kappa shape index (κ1) is 17.3. The van der Waals surface area contributed by atoms with Crippen molar-refractivity contribution in [2.75, 3.05) is 17.7 Å². The van der Waals surface area contributed by atoms with Crippen molar-refractivity contribution in [3.8, 4) is 0 Å². The van der Waals surface area contributed by atoms with E-state index in [4.69, 9.17) is 4.52 Å². The first-order valence-electron chi connectivity index (χ1n) is 9.07. The number of hydrogen-bond acceptors (Lipinski definition) is 5. The molecule has 6 nitrogen and oxygen atoms in total. The molecular formula is C19H22N2O4S. The fourth-order valence-corrected chi connectivity index (χ4v) is 4.54. The molecule has 0 unspecified atom stereocenters. The summed E-state index contributed by atoms with van der Waals surface area (Å²) in [5.41, 5.74) is 3.04. The molecule has 0 radical (unpaired) electrons. The summed E-state index contributed by atoms with van der Waals surface area (Å²) in [6.07, 6.45) is 7.67. The van der Waals surface area contributed by atoms with E-state index in [1.54, 1.807) is 23.1 Å². The summed E-state index contributed by atoms with van der Waals surface area (Å²) in [6, 6.07) is 5.00. The summed E-state index contributed by atoms with van der Waals surface area (Å²) >= 11 is 0. The van der Waals surface area contributed by atoms with E-state index in [9.17, 15) is 13.2 Å². The zero-order valence-corrected chi connectivity index (χ0v) is 15.6. The molecule has 26 heavy (non-hydrogen) atoms. The van der Waals surface area contributed by atoms with Crippen LogP contribution in [0.3, 0.4) is 0 Å². The number of hydrogen-bond donors (Lipinski definition) is 0. The Hall–Kier alpha value is -2.15. The Morgan fingerprint density at radius 1 is 1.12 bits per heavy atom. The fourth-order valence-electron chi connectivity index (χ4n) is 3.87. The number of amides is 1. The highest BCUT2D eigenvalue weighted by Gasteiger charge is 2.30. The molecule has 1 aromatic heterocycles. The second-order valence-electron chi connectivity index (χ2n) is 7.12. The number of nitrogens with zero attached hydrogens (tertiary/aromatic N) is 2. The summed E-state index contributed by atoms with van der Waals surface area (Å²) in [5, 5.41) is 4.08. The number of benzene rings is 1. The van der Waals surface area contributed by atoms with Gasteiger partial charge in [0.1, 0.15) is 5.76 Å². The normalized spacial score (nSPS) is 17.3. The summed E-state index contributed by atoms with van der Waals surface area (Å²) in [7, 11) is -3.26. The molecule has 1 aliphatic carbocycles. The molecule has 0 saturated carbocycles. The van der Waals surface area contributed by atoms with E-state index in [2.05, 4.69) is 5.16 Å². The standard InChI is InChI=1S/C19H22N2O4S/c1-26(23,24)14-9-10-16-13(12-14)6-5-11-21(16)19(22)18-15-7-3-2-4-8-17(15)25-20-18/h9-10,12H,2-8,11H2,1H3. The van der Waals surface area contributed by atoms with Gasteiger partial charge in [0, 0.05) is 30.5 Å². The molecule has 2 heterocycles. The van der Waals surface area contributed by atoms with Crippen molar-refractivity contribution in [2.24, 2.45) is 0 Å². The monoisotopic (exact) mass is 374 g/mol. The summed E-state index contributed by atoms with van der Waals surface area (Å²) in [4.78, 5) is 15.2. The zero-order valence-electron chi connectivity index (χ0n) is 14.8. The van der Waals surface area contributed by atoms with Crippen molar-refractivity contribution in [2.45, 2.75) is 49.8 Å². The van der Waals surface area contributed by atoms with Gasteiger partial charge in [-0.05, 0) is 55.9 Å². The molecule has 4 rings (SSSR count). The van der Waals surface area contributed by atoms with Crippen LogP contribution >= 0.6 is 0 Å². The molecule has 0 bridgehead atoms. The average molecular weight is 374 g/mol. The maximum atomic E-state index is 13.2. The van der Waals surface area contributed by atoms with Gasteiger partial charge in [0.2, 0.25) is 0 Å². The van der Waals surface area contributed by atoms with Crippen molar-refractivity contribution in [1.29, 1.82) is 0 Å². The molecule has 1 aliphatic heterocycles. The average Bonchev–Trinajstić information content (AvgIpc) is 2.87. The molecule has 0 spiro atoms. The van der Waals surface area contributed by atoms with Gasteiger partial charge in [-0.1, -0.05) is 11.6 Å². The highest BCUT2D eigenvalue weighted by Crippen LogP contribution is 2.32. The quantitative estimate of drug-likeness (QED) is 0.755. The van der Waals surface area contributed by atoms with Gasteiger partial charge in [0.25, 0.3) is 5.91 Å². The molecule has 138 valence electrons. The van der Waals surface area contributed by atoms with Gasteiger partial charge in [-0.15, -0.1) is 0 Å². The van der Waals surface area contributed by atoms with Crippen LogP contribution in [0.1, 0.15) is 53.1 Å². The topological polar surface area (TPSA) is 80.5 Å². The van der Waals surface area contributed by atoms with Crippen molar-refractivity contribution in [3.63, 3.8) is 0 Å². The molecular weight excluding hydrogens is 352 g/mol. The zero-order chi connectivity index (χ0) is 18.3. The number of aryl methyl sites for hydroxylation is 2. The lowest BCUT2D eigenvalue weighted by Gasteiger charge is -2.29. The predicted molar refractivity (Wildman–Crippen MR) is 97.3 cm³/mol. The number of carbonyl (C=O) groups is 1. The number of aromatic nitrogens is 1. The maximum absolute atomic E-state index is 13.2. The minimum Gasteiger partial charge on any atom is -0.360 e. The summed E-state index contributed by atoms with van der Waals surface area (Å²) in [5.74, 6) is 0.695. The van der Waals surface area contributed by atoms with Crippen LogP contribution < -0.4 is 4.90 Å². The van der Waals surface area contributed by atoms with Crippen LogP contribution in [-0.4, -0.2) is 32.3 Å². The van der Waals surface area contributed by atoms with Gasteiger partial charge in [-0.2, -0.15) is 0 Å². The third-order valence-corrected chi connectivity index (χ3v) is 6.36. The molecule has 2 aliphatic rings. The van der Waals surface area contributed by atoms with E-state index in [0.717, 1.165) is 67.5 Å². The Morgan fingerprint density at radius 2 is 1.92 bits per heavy atom. The lowest BCUT2D eigenvalue weighted by Crippen LogP contribution is -2.36. The highest BCUT2D eigenvalue weighted by molar-refractivity contribution is 7.90. The Bertz CT molecular complexity index is 962. The minimum atomic E-state index is -3.26. The fraction of sp³-hybridized carbons (Fsp3) is 0.474. The summed E-state index contributed by atoms with van der Waals surface area (Å²) in [6.45, 7) is 0.603. The lowest BCUT2D eigenvalue weighted by atomic mass is 10.0. The number of rotatable bonds is 2. The Kier molecular flexibility index (Phi) is 4.34. The molecule has 1 amide bonds. The number of fused-ring (bicyclic) bond motifs is 2. The number of carbonyl (C=O) groups excluding carboxylic acids is 1. The molecule has 0 N–H and O–H groups in total. The second-order valence-corrected chi connectivity index (χ2v) is 9.13. The van der Waals surface area contributed by atoms with E-state index < -0.39 is 9.84 Å². The lowest BCUT2D eigenvalue weighted by molar-refractivity contribution is 0.0975. The van der Waals surface area contributed by atoms with Crippen molar-refractivity contribution >= 4 is 21.4 Å². The van der Waals surface area contributed by atoms with E-state index in [1.807, 2.05) is 0 Å². The molecule has 0 atom stereocenters. The van der Waals surface area contributed by atoms with E-state index in [0.29, 0.717) is 17.1 Å². The molecule has 2 aromatic rings. The highest BCUT2D eigenvalue weighted by atomic mass is 32.2. The first-order chi connectivity index (χ1) is 12.4. The van der Waals surface area contributed by atoms with Gasteiger partial charge in [0.05, 0.1) is 4.90 Å². The molecule has 0 fully saturated rings. The number of sulfone groups is 1. The largest absolute Gasteiger partial charge is 0.360 e. The van der Waals surface area contributed by atoms with Crippen molar-refractivity contribution in [1.82, 2.24) is 5.16 Å². The molecule has 1 aromatic carbocycles. The maximum Gasteiger partial charge on any atom is 0.280 e. The Morgan fingerprint density at radius 3 is 2.73 bits per heavy atom. The number of anilines is 1. The van der Waals surface area contributed by atoms with Crippen LogP contribution in [0.2, 0.25) is 0 Å². The van der Waals surface area contributed by atoms with Gasteiger partial charge in [0.15, 0.2) is 15.5 Å². The van der Waals surface area contributed by atoms with Crippen molar-refractivity contribution in [3.05, 3.63) is 40.8 Å². The van der Waals surface area contributed by atoms with Gasteiger partial charge < -0.3 is 9.42 Å². The van der Waals surface area contributed by atoms with Gasteiger partial charge >= 0.3 is 0 Å². The van der Waals surface area contributed by atoms with Crippen LogP contribution in [0, 0.1) is 0 Å². The summed E-state index contributed by atoms with van der Waals surface area (Å²) < 4.78 is 29.1. The SMILES string of the molecule is CS(=O)(=O)c1ccc2c(c1)CCCN2C(=O)c1noc2c1CCCCC2. The van der Waals surface area contributed by atoms with Crippen LogP contribution in [0.5, 0.6) is 0 Å². The third-order valence-electron chi connectivity index (χ3n) is 5.25. The van der Waals surface area contributed by atoms with E-state index in [1.165, 1.54) is 6.26 Å². The van der Waals surface area contributed by atoms with Crippen LogP contribution in [-0.2, 0) is 29.1 Å². The third kappa shape index (κ3) is 3.05. The Labute approximate surface area is 153 Å². The van der Waals surface area contributed by atoms with Gasteiger partial charge in [-0.3, -0.25) is 4.79 Å². The van der Waals surface area contributed by atoms with Crippen LogP contribution in [0.15, 0.2) is 27.6 Å². The van der Waals surface area contributed by atoms with E-state index in [-0.39, 0.29) is 5.91 Å². The van der Waals surface area contributed by atoms with E-state index >= 15 is 0 Å². The molecule has 0 saturated heterocycles. The predicted octanol–water partition coefficient (Wildman–Crippen LogP) is 2.94. The van der Waals surface area contributed by atoms with Gasteiger partial charge in [-0.25, -0.2) is 8.42 Å². The van der Waals surface area contributed by atoms with Crippen molar-refractivity contribution < 1.29 is 17.7 Å². The van der Waals surface area contributed by atoms with Crippen LogP contribution in [0.4, 0.5) is 5.69 Å². The smallest absolute Gasteiger partial charge is 0.280 e. The molecule has 7 heteroatoms. The first-order valence-corrected chi connectivity index (χ1v) is 11.0. The minimum absolute atomic E-state index is 0.148. The Balaban J connectivity index is 1.70. The van der Waals surface area contributed by atoms with Crippen LogP contribution in [0.25, 0.3) is 0 Å². The second kappa shape index (κ2) is 6.54.